The molecule has 4 aliphatic rings. The van der Waals surface area contributed by atoms with Crippen molar-refractivity contribution >= 4 is 0 Å². The fourth-order valence-corrected chi connectivity index (χ4v) is 7.45. The summed E-state index contributed by atoms with van der Waals surface area (Å²) in [7, 11) is 0. The van der Waals surface area contributed by atoms with Crippen molar-refractivity contribution in [2.24, 2.45) is 33.9 Å². The molecule has 0 amide bonds. The van der Waals surface area contributed by atoms with Crippen LogP contribution in [0, 0.1) is 28.1 Å². The Kier molecular flexibility index (Phi) is 3.49. The molecule has 4 bridgehead atoms. The maximum Gasteiger partial charge on any atom is 0.0292 e. The highest BCUT2D eigenvalue weighted by atomic mass is 15.2. The fourth-order valence-electron chi connectivity index (χ4n) is 7.45. The summed E-state index contributed by atoms with van der Waals surface area (Å²) in [5, 5.41) is 0. The summed E-state index contributed by atoms with van der Waals surface area (Å²) in [6.07, 6.45) is 11.2. The van der Waals surface area contributed by atoms with Crippen molar-refractivity contribution in [1.29, 1.82) is 0 Å². The highest BCUT2D eigenvalue weighted by Crippen LogP contribution is 2.70. The molecule has 2 heteroatoms. The Morgan fingerprint density at radius 3 is 2.15 bits per heavy atom. The predicted octanol–water partition coefficient (Wildman–Crippen LogP) is 4.25. The lowest BCUT2D eigenvalue weighted by atomic mass is 9.38. The smallest absolute Gasteiger partial charge is 0.0292 e. The molecule has 4 atom stereocenters. The van der Waals surface area contributed by atoms with Gasteiger partial charge in [0.2, 0.25) is 0 Å². The van der Waals surface area contributed by atoms with Crippen LogP contribution in [0.5, 0.6) is 0 Å². The van der Waals surface area contributed by atoms with Crippen LogP contribution in [0.4, 0.5) is 0 Å². The molecule has 4 rings (SSSR count). The van der Waals surface area contributed by atoms with E-state index in [1.165, 1.54) is 51.4 Å². The number of rotatable bonds is 5. The van der Waals surface area contributed by atoms with E-state index in [-0.39, 0.29) is 0 Å². The van der Waals surface area contributed by atoms with Gasteiger partial charge >= 0.3 is 0 Å². The maximum atomic E-state index is 6.06. The molecular formula is C18H34N2. The van der Waals surface area contributed by atoms with E-state index in [0.717, 1.165) is 5.92 Å². The van der Waals surface area contributed by atoms with Gasteiger partial charge in [0.1, 0.15) is 0 Å². The molecule has 0 spiro atoms. The van der Waals surface area contributed by atoms with Crippen molar-refractivity contribution in [3.63, 3.8) is 0 Å². The minimum atomic E-state index is 0.478. The summed E-state index contributed by atoms with van der Waals surface area (Å²) >= 11 is 0. The van der Waals surface area contributed by atoms with Crippen LogP contribution in [0.1, 0.15) is 79.1 Å². The third kappa shape index (κ3) is 2.23. The molecule has 0 heterocycles. The first-order chi connectivity index (χ1) is 9.34. The van der Waals surface area contributed by atoms with Crippen LogP contribution in [0.25, 0.3) is 0 Å². The molecule has 4 saturated carbocycles. The van der Waals surface area contributed by atoms with Gasteiger partial charge in [0.15, 0.2) is 0 Å². The Morgan fingerprint density at radius 1 is 1.10 bits per heavy atom. The summed E-state index contributed by atoms with van der Waals surface area (Å²) in [4.78, 5) is 0. The molecule has 0 aromatic carbocycles. The van der Waals surface area contributed by atoms with Gasteiger partial charge in [-0.05, 0) is 73.0 Å². The summed E-state index contributed by atoms with van der Waals surface area (Å²) in [5.41, 5.74) is 4.94. The van der Waals surface area contributed by atoms with Crippen molar-refractivity contribution in [2.75, 3.05) is 0 Å². The van der Waals surface area contributed by atoms with E-state index in [9.17, 15) is 0 Å². The zero-order valence-electron chi connectivity index (χ0n) is 14.0. The number of hydrogen-bond donors (Lipinski definition) is 2. The first-order valence-electron chi connectivity index (χ1n) is 8.80. The van der Waals surface area contributed by atoms with E-state index in [1.54, 1.807) is 0 Å². The minimum Gasteiger partial charge on any atom is -0.271 e. The second kappa shape index (κ2) is 4.71. The molecule has 0 radical (unpaired) electrons. The van der Waals surface area contributed by atoms with Crippen molar-refractivity contribution in [3.8, 4) is 0 Å². The van der Waals surface area contributed by atoms with Gasteiger partial charge in [0, 0.05) is 6.04 Å². The zero-order chi connectivity index (χ0) is 14.6. The summed E-state index contributed by atoms with van der Waals surface area (Å²) < 4.78 is 0. The van der Waals surface area contributed by atoms with E-state index in [2.05, 4.69) is 33.1 Å². The Balaban J connectivity index is 1.91. The molecule has 4 unspecified atom stereocenters. The summed E-state index contributed by atoms with van der Waals surface area (Å²) in [6, 6.07) is 0.518. The van der Waals surface area contributed by atoms with Gasteiger partial charge in [0.25, 0.3) is 0 Å². The van der Waals surface area contributed by atoms with Crippen molar-refractivity contribution in [3.05, 3.63) is 0 Å². The molecule has 2 nitrogen and oxygen atoms in total. The lowest BCUT2D eigenvalue weighted by molar-refractivity contribution is -0.163. The average molecular weight is 278 g/mol. The number of nitrogens with one attached hydrogen (secondary N) is 1. The first kappa shape index (κ1) is 14.8. The topological polar surface area (TPSA) is 38.0 Å². The SMILES string of the molecule is CCCC(C)C(NN)C12CC3CC(C)(CC(C)(C3)C1)C2. The number of hydrogen-bond acceptors (Lipinski definition) is 2. The summed E-state index contributed by atoms with van der Waals surface area (Å²) in [5.74, 6) is 7.73. The maximum absolute atomic E-state index is 6.06. The lowest BCUT2D eigenvalue weighted by Crippen LogP contribution is -2.63. The van der Waals surface area contributed by atoms with Gasteiger partial charge in [-0.3, -0.25) is 11.3 Å². The second-order valence-corrected chi connectivity index (χ2v) is 9.40. The molecule has 0 aromatic rings. The van der Waals surface area contributed by atoms with Crippen molar-refractivity contribution < 1.29 is 0 Å². The van der Waals surface area contributed by atoms with Crippen molar-refractivity contribution in [1.82, 2.24) is 5.43 Å². The molecule has 116 valence electrons. The largest absolute Gasteiger partial charge is 0.271 e. The predicted molar refractivity (Wildman–Crippen MR) is 85.0 cm³/mol. The van der Waals surface area contributed by atoms with Gasteiger partial charge < -0.3 is 0 Å². The normalized spacial score (nSPS) is 49.4. The highest BCUT2D eigenvalue weighted by Gasteiger charge is 2.62. The van der Waals surface area contributed by atoms with E-state index >= 15 is 0 Å². The molecular weight excluding hydrogens is 244 g/mol. The molecule has 0 saturated heterocycles. The van der Waals surface area contributed by atoms with Crippen LogP contribution in [0.2, 0.25) is 0 Å². The number of nitrogens with two attached hydrogens (primary N) is 1. The quantitative estimate of drug-likeness (QED) is 0.583. The Hall–Kier alpha value is -0.0800. The van der Waals surface area contributed by atoms with Crippen LogP contribution in [0.15, 0.2) is 0 Å². The number of hydrazine groups is 1. The fraction of sp³-hybridized carbons (Fsp3) is 1.00. The third-order valence-corrected chi connectivity index (χ3v) is 6.82. The highest BCUT2D eigenvalue weighted by molar-refractivity contribution is 5.13. The molecule has 4 fully saturated rings. The monoisotopic (exact) mass is 278 g/mol. The Bertz CT molecular complexity index is 360. The van der Waals surface area contributed by atoms with Gasteiger partial charge in [-0.15, -0.1) is 0 Å². The molecule has 20 heavy (non-hydrogen) atoms. The molecule has 3 N–H and O–H groups in total. The standard InChI is InChI=1S/C18H34N2/c1-5-6-13(2)15(20-19)18-9-14-7-16(3,11-18)10-17(4,8-14)12-18/h13-15,20H,5-12,19H2,1-4H3. The van der Waals surface area contributed by atoms with Gasteiger partial charge in [-0.25, -0.2) is 0 Å². The zero-order valence-corrected chi connectivity index (χ0v) is 14.0. The second-order valence-electron chi connectivity index (χ2n) is 9.40. The van der Waals surface area contributed by atoms with Crippen molar-refractivity contribution in [2.45, 2.75) is 85.1 Å². The minimum absolute atomic E-state index is 0.478. The molecule has 4 aliphatic carbocycles. The summed E-state index contributed by atoms with van der Waals surface area (Å²) in [6.45, 7) is 9.83. The van der Waals surface area contributed by atoms with Crippen LogP contribution in [0.3, 0.4) is 0 Å². The van der Waals surface area contributed by atoms with Crippen LogP contribution >= 0.6 is 0 Å². The molecule has 0 aliphatic heterocycles. The van der Waals surface area contributed by atoms with Gasteiger partial charge in [-0.1, -0.05) is 34.1 Å². The van der Waals surface area contributed by atoms with Crippen LogP contribution < -0.4 is 11.3 Å². The third-order valence-electron chi connectivity index (χ3n) is 6.82. The van der Waals surface area contributed by atoms with E-state index in [1.807, 2.05) is 0 Å². The van der Waals surface area contributed by atoms with Crippen LogP contribution in [-0.2, 0) is 0 Å². The van der Waals surface area contributed by atoms with E-state index in [4.69, 9.17) is 5.84 Å². The van der Waals surface area contributed by atoms with Crippen LogP contribution in [-0.4, -0.2) is 6.04 Å². The van der Waals surface area contributed by atoms with E-state index in [0.29, 0.717) is 28.2 Å². The lowest BCUT2D eigenvalue weighted by Gasteiger charge is -2.67. The average Bonchev–Trinajstić information content (AvgIpc) is 2.24. The van der Waals surface area contributed by atoms with Gasteiger partial charge in [-0.2, -0.15) is 0 Å². The Morgan fingerprint density at radius 2 is 1.70 bits per heavy atom. The van der Waals surface area contributed by atoms with Gasteiger partial charge in [0.05, 0.1) is 0 Å². The molecule has 0 aromatic heterocycles. The first-order valence-corrected chi connectivity index (χ1v) is 8.80. The van der Waals surface area contributed by atoms with E-state index < -0.39 is 0 Å². The Labute approximate surface area is 125 Å².